The number of esters is 1. The summed E-state index contributed by atoms with van der Waals surface area (Å²) in [7, 11) is 1.24. The number of nitrogen functional groups attached to an aromatic ring is 1. The first-order valence-corrected chi connectivity index (χ1v) is 6.43. The van der Waals surface area contributed by atoms with E-state index in [9.17, 15) is 14.0 Å². The van der Waals surface area contributed by atoms with E-state index in [1.807, 2.05) is 0 Å². The second kappa shape index (κ2) is 5.70. The highest BCUT2D eigenvalue weighted by Gasteiger charge is 2.18. The predicted molar refractivity (Wildman–Crippen MR) is 74.4 cm³/mol. The number of halogens is 1. The number of carbonyl (C=O) groups is 2. The number of nitrogens with one attached hydrogen (secondary N) is 1. The van der Waals surface area contributed by atoms with Crippen LogP contribution in [0.15, 0.2) is 29.6 Å². The molecule has 1 amide bonds. The van der Waals surface area contributed by atoms with Crippen molar-refractivity contribution >= 4 is 34.6 Å². The first kappa shape index (κ1) is 14.0. The van der Waals surface area contributed by atoms with E-state index < -0.39 is 17.7 Å². The summed E-state index contributed by atoms with van der Waals surface area (Å²) >= 11 is 1.12. The fourth-order valence-electron chi connectivity index (χ4n) is 1.56. The van der Waals surface area contributed by atoms with Crippen molar-refractivity contribution < 1.29 is 18.7 Å². The van der Waals surface area contributed by atoms with Gasteiger partial charge in [0, 0.05) is 5.69 Å². The molecule has 7 heteroatoms. The third-order valence-electron chi connectivity index (χ3n) is 2.52. The predicted octanol–water partition coefficient (Wildman–Crippen LogP) is 2.51. The van der Waals surface area contributed by atoms with Gasteiger partial charge in [0.1, 0.15) is 10.7 Å². The smallest absolute Gasteiger partial charge is 0.350 e. The number of anilines is 2. The molecule has 5 nitrogen and oxygen atoms in total. The summed E-state index contributed by atoms with van der Waals surface area (Å²) < 4.78 is 18.2. The molecular formula is C13H11FN2O3S. The lowest BCUT2D eigenvalue weighted by Gasteiger charge is -2.07. The highest BCUT2D eigenvalue weighted by atomic mass is 32.1. The number of ether oxygens (including phenoxy) is 1. The van der Waals surface area contributed by atoms with Crippen LogP contribution in [0, 0.1) is 5.82 Å². The van der Waals surface area contributed by atoms with E-state index >= 15 is 0 Å². The van der Waals surface area contributed by atoms with Gasteiger partial charge in [-0.1, -0.05) is 0 Å². The molecule has 2 rings (SSSR count). The van der Waals surface area contributed by atoms with Crippen molar-refractivity contribution in [1.29, 1.82) is 0 Å². The van der Waals surface area contributed by atoms with Gasteiger partial charge < -0.3 is 15.8 Å². The van der Waals surface area contributed by atoms with Crippen molar-refractivity contribution in [3.8, 4) is 0 Å². The summed E-state index contributed by atoms with van der Waals surface area (Å²) in [5.41, 5.74) is 5.77. The third-order valence-corrected chi connectivity index (χ3v) is 3.42. The van der Waals surface area contributed by atoms with Crippen molar-refractivity contribution in [2.45, 2.75) is 0 Å². The molecule has 1 aromatic heterocycles. The first-order valence-electron chi connectivity index (χ1n) is 5.55. The summed E-state index contributed by atoms with van der Waals surface area (Å²) in [4.78, 5) is 23.7. The maximum absolute atomic E-state index is 13.6. The molecule has 0 bridgehead atoms. The average Bonchev–Trinajstić information content (AvgIpc) is 2.85. The van der Waals surface area contributed by atoms with Gasteiger partial charge in [-0.05, 0) is 29.6 Å². The number of hydrogen-bond acceptors (Lipinski definition) is 5. The van der Waals surface area contributed by atoms with E-state index in [1.165, 1.54) is 19.2 Å². The molecule has 3 N–H and O–H groups in total. The van der Waals surface area contributed by atoms with Crippen molar-refractivity contribution in [3.63, 3.8) is 0 Å². The Labute approximate surface area is 118 Å². The molecule has 0 aliphatic rings. The van der Waals surface area contributed by atoms with Crippen LogP contribution >= 0.6 is 11.3 Å². The zero-order valence-electron chi connectivity index (χ0n) is 10.5. The van der Waals surface area contributed by atoms with E-state index in [-0.39, 0.29) is 21.8 Å². The number of hydrogen-bond donors (Lipinski definition) is 2. The molecular weight excluding hydrogens is 283 g/mol. The standard InChI is InChI=1S/C13H11FN2O3S/c1-19-13(18)11-10(4-5-20-11)16-12(17)8-3-2-7(15)6-9(8)14/h2-6H,15H2,1H3,(H,16,17). The highest BCUT2D eigenvalue weighted by molar-refractivity contribution is 7.12. The normalized spacial score (nSPS) is 10.1. The average molecular weight is 294 g/mol. The minimum Gasteiger partial charge on any atom is -0.465 e. The minimum absolute atomic E-state index is 0.152. The molecule has 0 unspecified atom stereocenters. The summed E-state index contributed by atoms with van der Waals surface area (Å²) in [5.74, 6) is -1.95. The van der Waals surface area contributed by atoms with Gasteiger partial charge in [0.05, 0.1) is 18.4 Å². The highest BCUT2D eigenvalue weighted by Crippen LogP contribution is 2.24. The number of thiophene rings is 1. The SMILES string of the molecule is COC(=O)c1sccc1NC(=O)c1ccc(N)cc1F. The summed E-state index contributed by atoms with van der Waals surface area (Å²) in [5, 5.41) is 4.10. The number of amides is 1. The lowest BCUT2D eigenvalue weighted by atomic mass is 10.1. The Bertz CT molecular complexity index is 669. The molecule has 1 heterocycles. The molecule has 0 aliphatic carbocycles. The van der Waals surface area contributed by atoms with Gasteiger partial charge in [0.15, 0.2) is 0 Å². The minimum atomic E-state index is -0.725. The number of rotatable bonds is 3. The molecule has 0 saturated carbocycles. The van der Waals surface area contributed by atoms with Crippen molar-refractivity contribution in [2.24, 2.45) is 0 Å². The van der Waals surface area contributed by atoms with Gasteiger partial charge >= 0.3 is 5.97 Å². The van der Waals surface area contributed by atoms with Crippen molar-refractivity contribution in [1.82, 2.24) is 0 Å². The monoisotopic (exact) mass is 294 g/mol. The van der Waals surface area contributed by atoms with Crippen LogP contribution in [0.5, 0.6) is 0 Å². The van der Waals surface area contributed by atoms with E-state index in [4.69, 9.17) is 5.73 Å². The number of nitrogens with two attached hydrogens (primary N) is 1. The van der Waals surface area contributed by atoms with Gasteiger partial charge in [-0.25, -0.2) is 9.18 Å². The molecule has 2 aromatic rings. The Morgan fingerprint density at radius 2 is 2.10 bits per heavy atom. The zero-order valence-corrected chi connectivity index (χ0v) is 11.3. The van der Waals surface area contributed by atoms with E-state index in [2.05, 4.69) is 10.1 Å². The molecule has 0 saturated heterocycles. The van der Waals surface area contributed by atoms with Gasteiger partial charge in [0.25, 0.3) is 5.91 Å². The fourth-order valence-corrected chi connectivity index (χ4v) is 2.33. The number of benzene rings is 1. The van der Waals surface area contributed by atoms with E-state index in [0.29, 0.717) is 0 Å². The maximum Gasteiger partial charge on any atom is 0.350 e. The summed E-state index contributed by atoms with van der Waals surface area (Å²) in [6.07, 6.45) is 0. The summed E-state index contributed by atoms with van der Waals surface area (Å²) in [6, 6.07) is 5.31. The first-order chi connectivity index (χ1) is 9.52. The second-order valence-electron chi connectivity index (χ2n) is 3.85. The molecule has 0 fully saturated rings. The molecule has 104 valence electrons. The lowest BCUT2D eigenvalue weighted by Crippen LogP contribution is -2.15. The third kappa shape index (κ3) is 2.77. The topological polar surface area (TPSA) is 81.4 Å². The lowest BCUT2D eigenvalue weighted by molar-refractivity contribution is 0.0607. The maximum atomic E-state index is 13.6. The van der Waals surface area contributed by atoms with Crippen LogP contribution in [0.2, 0.25) is 0 Å². The molecule has 20 heavy (non-hydrogen) atoms. The Balaban J connectivity index is 2.24. The van der Waals surface area contributed by atoms with Crippen LogP contribution in [0.4, 0.5) is 15.8 Å². The van der Waals surface area contributed by atoms with Gasteiger partial charge in [-0.3, -0.25) is 4.79 Å². The van der Waals surface area contributed by atoms with Crippen LogP contribution < -0.4 is 11.1 Å². The molecule has 1 aromatic carbocycles. The molecule has 0 aliphatic heterocycles. The number of methoxy groups -OCH3 is 1. The largest absolute Gasteiger partial charge is 0.465 e. The van der Waals surface area contributed by atoms with Crippen LogP contribution in [0.1, 0.15) is 20.0 Å². The molecule has 0 atom stereocenters. The number of carbonyl (C=O) groups excluding carboxylic acids is 2. The van der Waals surface area contributed by atoms with Crippen LogP contribution in [-0.4, -0.2) is 19.0 Å². The van der Waals surface area contributed by atoms with E-state index in [0.717, 1.165) is 17.4 Å². The van der Waals surface area contributed by atoms with Crippen LogP contribution in [0.25, 0.3) is 0 Å². The second-order valence-corrected chi connectivity index (χ2v) is 4.76. The summed E-state index contributed by atoms with van der Waals surface area (Å²) in [6.45, 7) is 0. The van der Waals surface area contributed by atoms with Crippen LogP contribution in [0.3, 0.4) is 0 Å². The zero-order chi connectivity index (χ0) is 14.7. The Hall–Kier alpha value is -2.41. The molecule has 0 spiro atoms. The van der Waals surface area contributed by atoms with Gasteiger partial charge in [-0.2, -0.15) is 0 Å². The Morgan fingerprint density at radius 3 is 2.75 bits per heavy atom. The van der Waals surface area contributed by atoms with Gasteiger partial charge in [0.2, 0.25) is 0 Å². The Kier molecular flexibility index (Phi) is 3.99. The quantitative estimate of drug-likeness (QED) is 0.673. The fraction of sp³-hybridized carbons (Fsp3) is 0.0769. The van der Waals surface area contributed by atoms with Crippen molar-refractivity contribution in [3.05, 3.63) is 45.9 Å². The van der Waals surface area contributed by atoms with E-state index in [1.54, 1.807) is 11.4 Å². The van der Waals surface area contributed by atoms with Crippen molar-refractivity contribution in [2.75, 3.05) is 18.2 Å². The van der Waals surface area contributed by atoms with Crippen LogP contribution in [-0.2, 0) is 4.74 Å². The van der Waals surface area contributed by atoms with Gasteiger partial charge in [-0.15, -0.1) is 11.3 Å². The Morgan fingerprint density at radius 1 is 1.35 bits per heavy atom. The molecule has 0 radical (unpaired) electrons.